The molecular weight excluding hydrogens is 483 g/mol. The summed E-state index contributed by atoms with van der Waals surface area (Å²) in [7, 11) is 1.73. The molecule has 0 fully saturated rings. The minimum atomic E-state index is -1.68. The number of benzene rings is 2. The van der Waals surface area contributed by atoms with Crippen molar-refractivity contribution in [2.45, 2.75) is 111 Å². The van der Waals surface area contributed by atoms with Crippen LogP contribution >= 0.6 is 8.24 Å². The lowest BCUT2D eigenvalue weighted by Crippen LogP contribution is -2.15. The Morgan fingerprint density at radius 1 is 0.703 bits per heavy atom. The molecule has 1 heterocycles. The van der Waals surface area contributed by atoms with Crippen molar-refractivity contribution in [2.24, 2.45) is 0 Å². The summed E-state index contributed by atoms with van der Waals surface area (Å²) in [6, 6.07) is 8.24. The molecule has 3 aromatic rings. The van der Waals surface area contributed by atoms with Crippen molar-refractivity contribution in [3.8, 4) is 11.5 Å². The molecule has 1 atom stereocenters. The fraction of sp³-hybridized carbons (Fsp3) is 0.613. The van der Waals surface area contributed by atoms with E-state index in [0.717, 1.165) is 70.2 Å². The molecule has 37 heavy (non-hydrogen) atoms. The van der Waals surface area contributed by atoms with E-state index in [2.05, 4.69) is 67.5 Å². The Bertz CT molecular complexity index is 1150. The smallest absolute Gasteiger partial charge is 0.387 e. The SMILES string of the molecule is CCCCCC(CCC)Op1oc2c(C(C)(C)C)cc(OC)cc2c2cc(OC)cc(C(C)(C)C)c2o1. The van der Waals surface area contributed by atoms with Gasteiger partial charge in [0.25, 0.3) is 0 Å². The second-order valence-electron chi connectivity index (χ2n) is 12.0. The summed E-state index contributed by atoms with van der Waals surface area (Å²) in [5.41, 5.74) is 3.37. The zero-order valence-corrected chi connectivity index (χ0v) is 25.5. The summed E-state index contributed by atoms with van der Waals surface area (Å²) in [5.74, 6) is 1.57. The predicted octanol–water partition coefficient (Wildman–Crippen LogP) is 10.1. The van der Waals surface area contributed by atoms with Gasteiger partial charge < -0.3 is 17.9 Å². The van der Waals surface area contributed by atoms with Gasteiger partial charge in [-0.25, -0.2) is 0 Å². The maximum Gasteiger partial charge on any atom is 0.387 e. The van der Waals surface area contributed by atoms with Crippen molar-refractivity contribution in [2.75, 3.05) is 14.2 Å². The third kappa shape index (κ3) is 7.06. The molecule has 1 unspecified atom stereocenters. The lowest BCUT2D eigenvalue weighted by molar-refractivity contribution is 0.225. The number of hydrogen-bond acceptors (Lipinski definition) is 5. The topological polar surface area (TPSA) is 54.0 Å². The Morgan fingerprint density at radius 3 is 1.57 bits per heavy atom. The lowest BCUT2D eigenvalue weighted by atomic mass is 9.84. The minimum absolute atomic E-state index is 0.0975. The number of unbranched alkanes of at least 4 members (excludes halogenated alkanes) is 2. The van der Waals surface area contributed by atoms with Gasteiger partial charge in [0.2, 0.25) is 0 Å². The highest BCUT2D eigenvalue weighted by Crippen LogP contribution is 2.45. The van der Waals surface area contributed by atoms with Gasteiger partial charge in [0.15, 0.2) is 0 Å². The maximum atomic E-state index is 6.74. The molecule has 0 aliphatic carbocycles. The first-order valence-electron chi connectivity index (χ1n) is 13.7. The molecule has 0 saturated carbocycles. The van der Waals surface area contributed by atoms with E-state index >= 15 is 0 Å². The van der Waals surface area contributed by atoms with E-state index in [1.165, 1.54) is 12.8 Å². The number of ether oxygens (including phenoxy) is 2. The highest BCUT2D eigenvalue weighted by molar-refractivity contribution is 7.31. The summed E-state index contributed by atoms with van der Waals surface area (Å²) >= 11 is 0. The van der Waals surface area contributed by atoms with Gasteiger partial charge in [-0.2, -0.15) is 0 Å². The van der Waals surface area contributed by atoms with Crippen molar-refractivity contribution < 1.29 is 22.4 Å². The third-order valence-corrected chi connectivity index (χ3v) is 7.94. The quantitative estimate of drug-likeness (QED) is 0.244. The van der Waals surface area contributed by atoms with Gasteiger partial charge >= 0.3 is 8.24 Å². The van der Waals surface area contributed by atoms with Crippen LogP contribution in [0.15, 0.2) is 32.7 Å². The van der Waals surface area contributed by atoms with Gasteiger partial charge in [-0.1, -0.05) is 81.1 Å². The van der Waals surface area contributed by atoms with Crippen molar-refractivity contribution in [1.29, 1.82) is 0 Å². The van der Waals surface area contributed by atoms with Crippen LogP contribution in [-0.4, -0.2) is 20.3 Å². The molecule has 206 valence electrons. The van der Waals surface area contributed by atoms with Crippen LogP contribution in [0.3, 0.4) is 0 Å². The molecule has 2 aromatic carbocycles. The molecule has 6 heteroatoms. The van der Waals surface area contributed by atoms with Crippen LogP contribution in [0.4, 0.5) is 0 Å². The average Bonchev–Trinajstić information content (AvgIpc) is 2.97. The second-order valence-corrected chi connectivity index (χ2v) is 13.0. The molecule has 3 rings (SSSR count). The van der Waals surface area contributed by atoms with Gasteiger partial charge in [0.1, 0.15) is 22.7 Å². The molecule has 0 spiro atoms. The first kappa shape index (κ1) is 29.5. The first-order chi connectivity index (χ1) is 17.4. The molecule has 1 aromatic heterocycles. The maximum absolute atomic E-state index is 6.74. The molecule has 0 aliphatic rings. The summed E-state index contributed by atoms with van der Waals surface area (Å²) < 4.78 is 31.7. The van der Waals surface area contributed by atoms with Crippen molar-refractivity contribution >= 4 is 30.2 Å². The van der Waals surface area contributed by atoms with E-state index in [-0.39, 0.29) is 16.9 Å². The molecule has 0 aliphatic heterocycles. The molecule has 0 saturated heterocycles. The second kappa shape index (κ2) is 12.2. The Kier molecular flexibility index (Phi) is 9.69. The van der Waals surface area contributed by atoms with Gasteiger partial charge in [-0.15, -0.1) is 0 Å². The van der Waals surface area contributed by atoms with Gasteiger partial charge in [0, 0.05) is 21.9 Å². The molecule has 0 amide bonds. The lowest BCUT2D eigenvalue weighted by Gasteiger charge is -2.21. The summed E-state index contributed by atoms with van der Waals surface area (Å²) in [6.07, 6.45) is 6.69. The van der Waals surface area contributed by atoms with E-state index in [4.69, 9.17) is 22.4 Å². The minimum Gasteiger partial charge on any atom is -0.497 e. The molecule has 0 bridgehead atoms. The summed E-state index contributed by atoms with van der Waals surface area (Å²) in [6.45, 7) is 17.6. The van der Waals surface area contributed by atoms with Crippen molar-refractivity contribution in [3.63, 3.8) is 0 Å². The Morgan fingerprint density at radius 2 is 1.19 bits per heavy atom. The largest absolute Gasteiger partial charge is 0.497 e. The average molecular weight is 531 g/mol. The Hall–Kier alpha value is -2.10. The third-order valence-electron chi connectivity index (χ3n) is 6.81. The molecule has 5 nitrogen and oxygen atoms in total. The summed E-state index contributed by atoms with van der Waals surface area (Å²) in [5, 5.41) is 1.88. The van der Waals surface area contributed by atoms with Crippen molar-refractivity contribution in [3.05, 3.63) is 35.4 Å². The Balaban J connectivity index is 2.46. The van der Waals surface area contributed by atoms with E-state index in [1.54, 1.807) is 14.2 Å². The van der Waals surface area contributed by atoms with E-state index in [1.807, 2.05) is 12.1 Å². The molecule has 0 radical (unpaired) electrons. The van der Waals surface area contributed by atoms with Crippen LogP contribution in [0.1, 0.15) is 105 Å². The fourth-order valence-electron chi connectivity index (χ4n) is 4.68. The van der Waals surface area contributed by atoms with E-state index < -0.39 is 8.24 Å². The number of fused-ring (bicyclic) bond motifs is 3. The van der Waals surface area contributed by atoms with Crippen molar-refractivity contribution in [1.82, 2.24) is 0 Å². The molecule has 0 N–H and O–H groups in total. The van der Waals surface area contributed by atoms with E-state index in [0.29, 0.717) is 0 Å². The predicted molar refractivity (Wildman–Crippen MR) is 156 cm³/mol. The zero-order chi connectivity index (χ0) is 27.4. The fourth-order valence-corrected chi connectivity index (χ4v) is 5.95. The first-order valence-corrected chi connectivity index (χ1v) is 14.8. The van der Waals surface area contributed by atoms with Gasteiger partial charge in [0.05, 0.1) is 20.3 Å². The normalized spacial score (nSPS) is 13.2. The van der Waals surface area contributed by atoms with Crippen LogP contribution in [0.2, 0.25) is 0 Å². The van der Waals surface area contributed by atoms with Crippen LogP contribution in [0.25, 0.3) is 21.9 Å². The standard InChI is InChI=1S/C31H47O5P/c1-11-13-14-16-21(15-12-2)34-37-35-28-24(17-22(32-9)19-26(28)30(3,4)5)25-18-23(33-10)20-27(29(25)36-37)31(6,7)8/h17-21H,11-16H2,1-10H3. The number of hydrogen-bond donors (Lipinski definition) is 0. The summed E-state index contributed by atoms with van der Waals surface area (Å²) in [4.78, 5) is 0. The molecular formula is C31H47O5P. The van der Waals surface area contributed by atoms with Crippen LogP contribution in [-0.2, 0) is 10.8 Å². The Labute approximate surface area is 224 Å². The highest BCUT2D eigenvalue weighted by atomic mass is 31.1. The van der Waals surface area contributed by atoms with Crippen LogP contribution in [0, 0.1) is 0 Å². The number of rotatable bonds is 10. The van der Waals surface area contributed by atoms with Gasteiger partial charge in [-0.3, -0.25) is 4.52 Å². The number of methoxy groups -OCH3 is 2. The van der Waals surface area contributed by atoms with Crippen LogP contribution in [0.5, 0.6) is 11.5 Å². The zero-order valence-electron chi connectivity index (χ0n) is 24.6. The van der Waals surface area contributed by atoms with E-state index in [9.17, 15) is 0 Å². The van der Waals surface area contributed by atoms with Gasteiger partial charge in [-0.05, 0) is 47.9 Å². The highest BCUT2D eigenvalue weighted by Gasteiger charge is 2.26. The monoisotopic (exact) mass is 530 g/mol. The van der Waals surface area contributed by atoms with Crippen LogP contribution < -0.4 is 14.0 Å².